The van der Waals surface area contributed by atoms with E-state index in [2.05, 4.69) is 96.2 Å². The van der Waals surface area contributed by atoms with Crippen molar-refractivity contribution in [3.63, 3.8) is 0 Å². The predicted octanol–water partition coefficient (Wildman–Crippen LogP) is 14.0. The molecule has 0 amide bonds. The molecule has 0 bridgehead atoms. The lowest BCUT2D eigenvalue weighted by Crippen LogP contribution is -2.66. The van der Waals surface area contributed by atoms with Gasteiger partial charge in [-0.15, -0.1) is 0 Å². The Hall–Kier alpha value is -0.680. The summed E-state index contributed by atoms with van der Waals surface area (Å²) in [6, 6.07) is 0. The minimum absolute atomic E-state index is 0.0290. The maximum absolute atomic E-state index is 10.9. The Morgan fingerprint density at radius 2 is 0.766 bits per heavy atom. The van der Waals surface area contributed by atoms with Gasteiger partial charge >= 0.3 is 0 Å². The van der Waals surface area contributed by atoms with Gasteiger partial charge in [-0.05, 0) is 256 Å². The standard InChI is InChI=1S/2C30H50O2/c2*1-19(2)20-10-15-30(18-31)17-16-28(6)21(25(20)30)8-9-23-27(5)13-12-24(32)26(3,4)22(27)11-14-29(23,28)7/h2*20-25,31-32H,1,8-18H2,2-7H3/t2*20-,21+,22-,23+,24-,25+,27-,28+,29+,30+/m00/s1. The van der Waals surface area contributed by atoms with E-state index in [4.69, 9.17) is 0 Å². The van der Waals surface area contributed by atoms with Crippen LogP contribution in [0.4, 0.5) is 0 Å². The summed E-state index contributed by atoms with van der Waals surface area (Å²) < 4.78 is 0. The van der Waals surface area contributed by atoms with E-state index in [0.717, 1.165) is 36.5 Å². The molecule has 10 saturated carbocycles. The summed E-state index contributed by atoms with van der Waals surface area (Å²) in [5.41, 5.74) is 5.20. The Bertz CT molecular complexity index is 1700. The van der Waals surface area contributed by atoms with Crippen LogP contribution in [0.3, 0.4) is 0 Å². The minimum Gasteiger partial charge on any atom is -0.396 e. The van der Waals surface area contributed by atoms with Crippen molar-refractivity contribution in [1.82, 2.24) is 0 Å². The highest BCUT2D eigenvalue weighted by Gasteiger charge is 2.73. The Morgan fingerprint density at radius 1 is 0.406 bits per heavy atom. The van der Waals surface area contributed by atoms with E-state index in [1.54, 1.807) is 0 Å². The lowest BCUT2D eigenvalue weighted by Gasteiger charge is -2.73. The molecule has 0 aromatic heterocycles. The summed E-state index contributed by atoms with van der Waals surface area (Å²) >= 11 is 0. The summed E-state index contributed by atoms with van der Waals surface area (Å²) in [6.07, 6.45) is 24.4. The molecule has 10 fully saturated rings. The molecule has 0 saturated heterocycles. The number of aliphatic hydroxyl groups excluding tert-OH is 4. The van der Waals surface area contributed by atoms with Gasteiger partial charge in [0, 0.05) is 13.2 Å². The van der Waals surface area contributed by atoms with Crippen LogP contribution in [0.5, 0.6) is 0 Å². The third kappa shape index (κ3) is 6.10. The third-order valence-corrected chi connectivity index (χ3v) is 27.1. The van der Waals surface area contributed by atoms with Gasteiger partial charge in [-0.25, -0.2) is 0 Å². The molecule has 4 heteroatoms. The normalized spacial score (nSPS) is 56.5. The van der Waals surface area contributed by atoms with Crippen molar-refractivity contribution in [2.75, 3.05) is 13.2 Å². The van der Waals surface area contributed by atoms with Crippen LogP contribution in [0.15, 0.2) is 24.3 Å². The van der Waals surface area contributed by atoms with E-state index in [9.17, 15) is 20.4 Å². The quantitative estimate of drug-likeness (QED) is 0.212. The molecule has 0 aromatic rings. The van der Waals surface area contributed by atoms with Crippen LogP contribution < -0.4 is 0 Å². The second-order valence-corrected chi connectivity index (χ2v) is 29.2. The summed E-state index contributed by atoms with van der Waals surface area (Å²) in [5.74, 6) is 6.66. The molecule has 0 radical (unpaired) electrons. The van der Waals surface area contributed by atoms with Gasteiger partial charge < -0.3 is 20.4 Å². The summed E-state index contributed by atoms with van der Waals surface area (Å²) in [5, 5.41) is 43.1. The van der Waals surface area contributed by atoms with Gasteiger partial charge in [0.1, 0.15) is 0 Å². The van der Waals surface area contributed by atoms with E-state index < -0.39 is 0 Å². The van der Waals surface area contributed by atoms with Crippen molar-refractivity contribution in [1.29, 1.82) is 0 Å². The zero-order chi connectivity index (χ0) is 46.6. The van der Waals surface area contributed by atoms with Gasteiger partial charge in [0.15, 0.2) is 0 Å². The average Bonchev–Trinajstić information content (AvgIpc) is 3.83. The van der Waals surface area contributed by atoms with E-state index in [1.165, 1.54) is 127 Å². The van der Waals surface area contributed by atoms with E-state index in [0.29, 0.717) is 81.2 Å². The number of hydrogen-bond donors (Lipinski definition) is 4. The fraction of sp³-hybridized carbons (Fsp3) is 0.933. The SMILES string of the molecule is C=C(C)[C@@H]1CC[C@]2(CO)CC[C@]3(C)[C@H](CC[C@@H]4[C@@]5(C)CC[C@H](O)C(C)(C)[C@@H]5CC[C@]43C)[C@@H]12.C=C(C)[C@@H]1CC[C@]2(CO)CC[C@]3(C)[C@H](CC[C@@H]4[C@@]5(C)CC[C@H](O)C(C)(C)[C@@H]5CC[C@]43C)[C@@H]12. The Morgan fingerprint density at radius 3 is 1.09 bits per heavy atom. The number of allylic oxidation sites excluding steroid dienone is 2. The van der Waals surface area contributed by atoms with E-state index in [1.807, 2.05) is 0 Å². The van der Waals surface area contributed by atoms with Gasteiger partial charge in [-0.1, -0.05) is 93.5 Å². The highest BCUT2D eigenvalue weighted by Crippen LogP contribution is 2.79. The van der Waals surface area contributed by atoms with Crippen molar-refractivity contribution >= 4 is 0 Å². The van der Waals surface area contributed by atoms with Crippen LogP contribution in [-0.4, -0.2) is 45.8 Å². The minimum atomic E-state index is -0.147. The summed E-state index contributed by atoms with van der Waals surface area (Å²) in [4.78, 5) is 0. The van der Waals surface area contributed by atoms with Crippen molar-refractivity contribution in [2.24, 2.45) is 113 Å². The molecule has 0 spiro atoms. The van der Waals surface area contributed by atoms with E-state index in [-0.39, 0.29) is 33.9 Å². The van der Waals surface area contributed by atoms with Gasteiger partial charge in [-0.3, -0.25) is 0 Å². The van der Waals surface area contributed by atoms with Crippen LogP contribution in [0.1, 0.15) is 212 Å². The van der Waals surface area contributed by atoms with Crippen molar-refractivity contribution in [2.45, 2.75) is 224 Å². The Kier molecular flexibility index (Phi) is 11.6. The smallest absolute Gasteiger partial charge is 0.0594 e. The molecule has 0 aliphatic heterocycles. The van der Waals surface area contributed by atoms with Crippen LogP contribution in [0.25, 0.3) is 0 Å². The number of fused-ring (bicyclic) bond motifs is 14. The zero-order valence-electron chi connectivity index (χ0n) is 43.7. The fourth-order valence-corrected chi connectivity index (χ4v) is 23.1. The number of aliphatic hydroxyl groups is 4. The molecule has 364 valence electrons. The molecule has 0 unspecified atom stereocenters. The lowest BCUT2D eigenvalue weighted by atomic mass is 9.32. The van der Waals surface area contributed by atoms with Crippen molar-refractivity contribution in [3.8, 4) is 0 Å². The molecule has 4 N–H and O–H groups in total. The van der Waals surface area contributed by atoms with Gasteiger partial charge in [0.25, 0.3) is 0 Å². The predicted molar refractivity (Wildman–Crippen MR) is 264 cm³/mol. The summed E-state index contributed by atoms with van der Waals surface area (Å²) in [6.45, 7) is 39.5. The van der Waals surface area contributed by atoms with Crippen molar-refractivity contribution in [3.05, 3.63) is 24.3 Å². The molecular weight excluding hydrogens is 785 g/mol. The molecule has 64 heavy (non-hydrogen) atoms. The Balaban J connectivity index is 0.000000162. The summed E-state index contributed by atoms with van der Waals surface area (Å²) in [7, 11) is 0. The lowest BCUT2D eigenvalue weighted by molar-refractivity contribution is -0.249. The molecular formula is C60H100O4. The average molecular weight is 885 g/mol. The van der Waals surface area contributed by atoms with Gasteiger partial charge in [-0.2, -0.15) is 0 Å². The van der Waals surface area contributed by atoms with Gasteiger partial charge in [0.05, 0.1) is 12.2 Å². The molecule has 10 aliphatic carbocycles. The topological polar surface area (TPSA) is 80.9 Å². The third-order valence-electron chi connectivity index (χ3n) is 27.1. The highest BCUT2D eigenvalue weighted by atomic mass is 16.3. The van der Waals surface area contributed by atoms with Crippen LogP contribution in [-0.2, 0) is 0 Å². The first-order valence-corrected chi connectivity index (χ1v) is 27.6. The van der Waals surface area contributed by atoms with E-state index >= 15 is 0 Å². The zero-order valence-corrected chi connectivity index (χ0v) is 43.7. The first kappa shape index (κ1) is 48.3. The van der Waals surface area contributed by atoms with Crippen LogP contribution in [0.2, 0.25) is 0 Å². The second kappa shape index (κ2) is 15.4. The molecule has 10 aliphatic rings. The maximum atomic E-state index is 10.9. The second-order valence-electron chi connectivity index (χ2n) is 29.2. The number of rotatable bonds is 4. The Labute approximate surface area is 393 Å². The fourth-order valence-electron chi connectivity index (χ4n) is 23.1. The molecule has 20 atom stereocenters. The number of hydrogen-bond acceptors (Lipinski definition) is 4. The molecule has 4 nitrogen and oxygen atoms in total. The first-order valence-electron chi connectivity index (χ1n) is 27.6. The maximum Gasteiger partial charge on any atom is 0.0594 e. The highest BCUT2D eigenvalue weighted by molar-refractivity contribution is 5.24. The monoisotopic (exact) mass is 885 g/mol. The van der Waals surface area contributed by atoms with Gasteiger partial charge in [0.2, 0.25) is 0 Å². The van der Waals surface area contributed by atoms with Crippen LogP contribution >= 0.6 is 0 Å². The molecule has 10 rings (SSSR count). The van der Waals surface area contributed by atoms with Crippen LogP contribution in [0, 0.1) is 113 Å². The first-order chi connectivity index (χ1) is 29.7. The molecule has 0 heterocycles. The van der Waals surface area contributed by atoms with Crippen molar-refractivity contribution < 1.29 is 20.4 Å². The largest absolute Gasteiger partial charge is 0.396 e. The molecule has 0 aromatic carbocycles.